The molecule has 3 aromatic rings. The van der Waals surface area contributed by atoms with Crippen molar-refractivity contribution in [3.63, 3.8) is 0 Å². The predicted octanol–water partition coefficient (Wildman–Crippen LogP) is 3.28. The van der Waals surface area contributed by atoms with E-state index in [1.165, 1.54) is 27.2 Å². The van der Waals surface area contributed by atoms with E-state index >= 15 is 0 Å². The minimum absolute atomic E-state index is 0.194. The van der Waals surface area contributed by atoms with E-state index < -0.39 is 16.1 Å². The summed E-state index contributed by atoms with van der Waals surface area (Å²) in [4.78, 5) is 2.45. The Morgan fingerprint density at radius 3 is 2.65 bits per heavy atom. The fourth-order valence-electron chi connectivity index (χ4n) is 4.12. The van der Waals surface area contributed by atoms with Gasteiger partial charge in [-0.2, -0.15) is 4.31 Å². The lowest BCUT2D eigenvalue weighted by atomic mass is 10.00. The van der Waals surface area contributed by atoms with Crippen molar-refractivity contribution in [1.29, 1.82) is 0 Å². The lowest BCUT2D eigenvalue weighted by molar-refractivity contribution is 0.122. The Morgan fingerprint density at radius 1 is 1.12 bits per heavy atom. The van der Waals surface area contributed by atoms with Gasteiger partial charge in [0, 0.05) is 44.0 Å². The van der Waals surface area contributed by atoms with Crippen LogP contribution in [0.2, 0.25) is 0 Å². The van der Waals surface area contributed by atoms with Gasteiger partial charge in [-0.1, -0.05) is 55.9 Å². The number of β-amino-alcohol motifs (C(OH)–C–C–N with tert-alkyl or cyclic N) is 1. The molecule has 1 unspecified atom stereocenters. The Labute approximate surface area is 205 Å². The summed E-state index contributed by atoms with van der Waals surface area (Å²) < 4.78 is 32.8. The Balaban J connectivity index is 1.35. The van der Waals surface area contributed by atoms with Crippen LogP contribution in [-0.4, -0.2) is 71.0 Å². The summed E-state index contributed by atoms with van der Waals surface area (Å²) in [5, 5.41) is 19.0. The molecule has 182 valence electrons. The Bertz CT molecular complexity index is 1210. The molecule has 0 spiro atoms. The van der Waals surface area contributed by atoms with E-state index in [1.807, 2.05) is 13.8 Å². The number of aliphatic hydroxyl groups excluding tert-OH is 1. The van der Waals surface area contributed by atoms with Crippen molar-refractivity contribution in [2.24, 2.45) is 0 Å². The molecule has 1 aromatic heterocycles. The van der Waals surface area contributed by atoms with Gasteiger partial charge in [-0.15, -0.1) is 10.2 Å². The van der Waals surface area contributed by atoms with Gasteiger partial charge in [0.2, 0.25) is 15.9 Å². The Hall–Kier alpha value is -2.24. The number of aliphatic hydroxyl groups is 1. The number of fused-ring (bicyclic) bond motifs is 1. The summed E-state index contributed by atoms with van der Waals surface area (Å²) in [6.07, 6.45) is 0.458. The molecule has 0 saturated heterocycles. The first-order valence-electron chi connectivity index (χ1n) is 11.4. The van der Waals surface area contributed by atoms with Gasteiger partial charge < -0.3 is 9.52 Å². The van der Waals surface area contributed by atoms with Crippen LogP contribution in [0.1, 0.15) is 25.0 Å². The Morgan fingerprint density at radius 2 is 1.88 bits per heavy atom. The highest BCUT2D eigenvalue weighted by Gasteiger charge is 2.23. The molecule has 2 heterocycles. The third-order valence-electron chi connectivity index (χ3n) is 5.91. The topological polar surface area (TPSA) is 99.8 Å². The summed E-state index contributed by atoms with van der Waals surface area (Å²) in [6.45, 7) is 6.77. The molecule has 0 aliphatic carbocycles. The molecule has 0 radical (unpaired) electrons. The molecular formula is C24H30N4O4S2. The predicted molar refractivity (Wildman–Crippen MR) is 132 cm³/mol. The average molecular weight is 503 g/mol. The third-order valence-corrected chi connectivity index (χ3v) is 8.92. The fourth-order valence-corrected chi connectivity index (χ4v) is 6.30. The van der Waals surface area contributed by atoms with Gasteiger partial charge in [0.25, 0.3) is 5.22 Å². The maximum absolute atomic E-state index is 12.8. The zero-order valence-corrected chi connectivity index (χ0v) is 21.1. The molecule has 4 rings (SSSR count). The molecule has 2 aromatic carbocycles. The maximum atomic E-state index is 12.8. The van der Waals surface area contributed by atoms with Crippen LogP contribution >= 0.6 is 11.8 Å². The molecule has 1 aliphatic heterocycles. The Kier molecular flexibility index (Phi) is 8.05. The van der Waals surface area contributed by atoms with E-state index in [0.29, 0.717) is 36.2 Å². The van der Waals surface area contributed by atoms with Crippen LogP contribution in [-0.2, 0) is 23.0 Å². The number of hydrogen-bond donors (Lipinski definition) is 1. The highest BCUT2D eigenvalue weighted by atomic mass is 32.2. The number of aromatic nitrogens is 2. The van der Waals surface area contributed by atoms with E-state index in [2.05, 4.69) is 39.4 Å². The van der Waals surface area contributed by atoms with Crippen molar-refractivity contribution in [2.75, 3.05) is 31.9 Å². The number of hydrogen-bond acceptors (Lipinski definition) is 8. The van der Waals surface area contributed by atoms with Crippen LogP contribution in [0.5, 0.6) is 0 Å². The first-order chi connectivity index (χ1) is 16.4. The summed E-state index contributed by atoms with van der Waals surface area (Å²) in [5.74, 6) is 0.678. The molecule has 8 nitrogen and oxygen atoms in total. The number of rotatable bonds is 10. The minimum Gasteiger partial charge on any atom is -0.411 e. The molecule has 10 heteroatoms. The SMILES string of the molecule is CCN(CC)S(=O)(=O)c1cccc(-c2nnc(SCC(O)CN3CCc4ccccc4C3)o2)c1. The van der Waals surface area contributed by atoms with Crippen LogP contribution in [0.25, 0.3) is 11.5 Å². The first kappa shape index (κ1) is 24.9. The highest BCUT2D eigenvalue weighted by Crippen LogP contribution is 2.27. The van der Waals surface area contributed by atoms with Gasteiger partial charge in [0.1, 0.15) is 0 Å². The molecule has 1 N–H and O–H groups in total. The number of sulfonamides is 1. The van der Waals surface area contributed by atoms with Crippen LogP contribution in [0.15, 0.2) is 63.1 Å². The molecule has 0 amide bonds. The van der Waals surface area contributed by atoms with Gasteiger partial charge in [0.15, 0.2) is 0 Å². The van der Waals surface area contributed by atoms with Crippen molar-refractivity contribution in [3.05, 3.63) is 59.7 Å². The van der Waals surface area contributed by atoms with E-state index in [9.17, 15) is 13.5 Å². The van der Waals surface area contributed by atoms with E-state index in [4.69, 9.17) is 4.42 Å². The van der Waals surface area contributed by atoms with Gasteiger partial charge in [-0.3, -0.25) is 4.90 Å². The largest absolute Gasteiger partial charge is 0.411 e. The van der Waals surface area contributed by atoms with Crippen molar-refractivity contribution >= 4 is 21.8 Å². The molecule has 0 saturated carbocycles. The fraction of sp³-hybridized carbons (Fsp3) is 0.417. The lowest BCUT2D eigenvalue weighted by Crippen LogP contribution is -2.37. The van der Waals surface area contributed by atoms with Crippen LogP contribution < -0.4 is 0 Å². The highest BCUT2D eigenvalue weighted by molar-refractivity contribution is 7.99. The van der Waals surface area contributed by atoms with Gasteiger partial charge in [-0.05, 0) is 35.7 Å². The van der Waals surface area contributed by atoms with Crippen molar-refractivity contribution in [1.82, 2.24) is 19.4 Å². The average Bonchev–Trinajstić information content (AvgIpc) is 3.33. The summed E-state index contributed by atoms with van der Waals surface area (Å²) in [6, 6.07) is 15.0. The molecule has 1 aliphatic rings. The summed E-state index contributed by atoms with van der Waals surface area (Å²) >= 11 is 1.30. The standard InChI is InChI=1S/C24H30N4O4S2/c1-3-28(4-2)34(30,31)22-11-7-10-19(14-22)23-25-26-24(32-23)33-17-21(29)16-27-13-12-18-8-5-6-9-20(18)15-27/h5-11,14,21,29H,3-4,12-13,15-17H2,1-2H3. The molecular weight excluding hydrogens is 472 g/mol. The van der Waals surface area contributed by atoms with E-state index in [-0.39, 0.29) is 10.8 Å². The van der Waals surface area contributed by atoms with Crippen molar-refractivity contribution in [3.8, 4) is 11.5 Å². The second kappa shape index (κ2) is 11.0. The monoisotopic (exact) mass is 502 g/mol. The molecule has 1 atom stereocenters. The van der Waals surface area contributed by atoms with Gasteiger partial charge in [0.05, 0.1) is 11.0 Å². The number of nitrogens with zero attached hydrogens (tertiary/aromatic N) is 4. The van der Waals surface area contributed by atoms with Crippen LogP contribution in [0.4, 0.5) is 0 Å². The molecule has 0 bridgehead atoms. The van der Waals surface area contributed by atoms with Crippen LogP contribution in [0, 0.1) is 0 Å². The lowest BCUT2D eigenvalue weighted by Gasteiger charge is -2.30. The summed E-state index contributed by atoms with van der Waals surface area (Å²) in [7, 11) is -3.58. The number of thioether (sulfide) groups is 1. The van der Waals surface area contributed by atoms with Crippen molar-refractivity contribution in [2.45, 2.75) is 43.0 Å². The zero-order chi connectivity index (χ0) is 24.1. The van der Waals surface area contributed by atoms with E-state index in [0.717, 1.165) is 19.5 Å². The summed E-state index contributed by atoms with van der Waals surface area (Å²) in [5.41, 5.74) is 3.25. The second-order valence-electron chi connectivity index (χ2n) is 8.21. The quantitative estimate of drug-likeness (QED) is 0.422. The minimum atomic E-state index is -3.58. The third kappa shape index (κ3) is 5.69. The smallest absolute Gasteiger partial charge is 0.276 e. The number of benzene rings is 2. The van der Waals surface area contributed by atoms with Gasteiger partial charge in [-0.25, -0.2) is 8.42 Å². The molecule has 34 heavy (non-hydrogen) atoms. The first-order valence-corrected chi connectivity index (χ1v) is 13.9. The van der Waals surface area contributed by atoms with Crippen LogP contribution in [0.3, 0.4) is 0 Å². The second-order valence-corrected chi connectivity index (χ2v) is 11.1. The maximum Gasteiger partial charge on any atom is 0.276 e. The molecule has 0 fully saturated rings. The van der Waals surface area contributed by atoms with Crippen molar-refractivity contribution < 1.29 is 17.9 Å². The van der Waals surface area contributed by atoms with E-state index in [1.54, 1.807) is 24.3 Å². The van der Waals surface area contributed by atoms with Gasteiger partial charge >= 0.3 is 0 Å². The normalized spacial score (nSPS) is 15.4. The zero-order valence-electron chi connectivity index (χ0n) is 19.4.